The standard InChI is InChI=1S/C40H48O9/c1-41-26-37-39(43-3)35(42-2)21-34(49-37)33-19-31(25-46-33)32-20-36(45-23-29-15-9-5-10-16-29)40(47-24-30-17-11-6-12-18-30)38(48-32)27-44-22-28-13-7-4-8-14-28/h4-19,25,32,34-40H,20-24,26-27H2,1-3H3/t32?,34-,35-,36-,37-,38-,39+,40+/m1/s1. The van der Waals surface area contributed by atoms with Gasteiger partial charge in [0.05, 0.1) is 57.6 Å². The third kappa shape index (κ3) is 9.45. The summed E-state index contributed by atoms with van der Waals surface area (Å²) < 4.78 is 56.0. The second-order valence-corrected chi connectivity index (χ2v) is 12.6. The van der Waals surface area contributed by atoms with Crippen LogP contribution in [-0.2, 0) is 57.7 Å². The van der Waals surface area contributed by atoms with Crippen molar-refractivity contribution in [1.29, 1.82) is 0 Å². The molecule has 0 amide bonds. The van der Waals surface area contributed by atoms with Gasteiger partial charge in [-0.3, -0.25) is 0 Å². The summed E-state index contributed by atoms with van der Waals surface area (Å²) in [6.45, 7) is 2.06. The third-order valence-corrected chi connectivity index (χ3v) is 9.26. The first kappa shape index (κ1) is 35.4. The molecule has 0 aliphatic carbocycles. The summed E-state index contributed by atoms with van der Waals surface area (Å²) in [5.41, 5.74) is 4.18. The molecular weight excluding hydrogens is 624 g/mol. The van der Waals surface area contributed by atoms with Crippen molar-refractivity contribution in [2.75, 3.05) is 34.5 Å². The minimum Gasteiger partial charge on any atom is -0.466 e. The summed E-state index contributed by atoms with van der Waals surface area (Å²) in [5, 5.41) is 0. The fourth-order valence-electron chi connectivity index (χ4n) is 6.72. The first-order valence-electron chi connectivity index (χ1n) is 17.0. The van der Waals surface area contributed by atoms with E-state index in [4.69, 9.17) is 42.3 Å². The van der Waals surface area contributed by atoms with Crippen molar-refractivity contribution in [3.63, 3.8) is 0 Å². The van der Waals surface area contributed by atoms with Gasteiger partial charge in [-0.25, -0.2) is 0 Å². The van der Waals surface area contributed by atoms with Crippen LogP contribution in [0.2, 0.25) is 0 Å². The highest BCUT2D eigenvalue weighted by molar-refractivity contribution is 5.21. The van der Waals surface area contributed by atoms with Crippen LogP contribution in [0.4, 0.5) is 0 Å². The van der Waals surface area contributed by atoms with Crippen molar-refractivity contribution in [2.45, 2.75) is 81.5 Å². The fraction of sp³-hybridized carbons (Fsp3) is 0.450. The van der Waals surface area contributed by atoms with E-state index >= 15 is 0 Å². The van der Waals surface area contributed by atoms with E-state index in [1.165, 1.54) is 0 Å². The van der Waals surface area contributed by atoms with Crippen LogP contribution < -0.4 is 0 Å². The Labute approximate surface area is 289 Å². The van der Waals surface area contributed by atoms with Crippen LogP contribution in [0.15, 0.2) is 108 Å². The Morgan fingerprint density at radius 2 is 1.16 bits per heavy atom. The van der Waals surface area contributed by atoms with E-state index in [9.17, 15) is 0 Å². The smallest absolute Gasteiger partial charge is 0.133 e. The van der Waals surface area contributed by atoms with Gasteiger partial charge in [0.2, 0.25) is 0 Å². The Bertz CT molecular complexity index is 1500. The summed E-state index contributed by atoms with van der Waals surface area (Å²) in [7, 11) is 5.01. The molecule has 1 unspecified atom stereocenters. The highest BCUT2D eigenvalue weighted by atomic mass is 16.6. The molecule has 3 heterocycles. The average molecular weight is 673 g/mol. The molecule has 0 N–H and O–H groups in total. The number of furan rings is 1. The minimum atomic E-state index is -0.400. The Morgan fingerprint density at radius 3 is 1.78 bits per heavy atom. The van der Waals surface area contributed by atoms with Crippen LogP contribution >= 0.6 is 0 Å². The van der Waals surface area contributed by atoms with Crippen LogP contribution in [0.25, 0.3) is 0 Å². The second-order valence-electron chi connectivity index (χ2n) is 12.6. The van der Waals surface area contributed by atoms with E-state index in [0.717, 1.165) is 22.3 Å². The Kier molecular flexibility index (Phi) is 13.0. The molecule has 8 atom stereocenters. The number of rotatable bonds is 16. The van der Waals surface area contributed by atoms with Gasteiger partial charge in [-0.15, -0.1) is 0 Å². The first-order valence-corrected chi connectivity index (χ1v) is 17.0. The van der Waals surface area contributed by atoms with Gasteiger partial charge in [-0.05, 0) is 22.8 Å². The van der Waals surface area contributed by atoms with Crippen LogP contribution in [0.1, 0.15) is 53.1 Å². The lowest BCUT2D eigenvalue weighted by atomic mass is 9.93. The Balaban J connectivity index is 1.23. The Morgan fingerprint density at radius 1 is 0.592 bits per heavy atom. The summed E-state index contributed by atoms with van der Waals surface area (Å²) in [6.07, 6.45) is 0.514. The van der Waals surface area contributed by atoms with Crippen LogP contribution in [0.5, 0.6) is 0 Å². The van der Waals surface area contributed by atoms with Gasteiger partial charge >= 0.3 is 0 Å². The molecular formula is C40H48O9. The molecule has 2 aliphatic heterocycles. The monoisotopic (exact) mass is 672 g/mol. The molecule has 0 radical (unpaired) electrons. The topological polar surface area (TPSA) is 87.0 Å². The molecule has 49 heavy (non-hydrogen) atoms. The predicted octanol–water partition coefficient (Wildman–Crippen LogP) is 7.00. The average Bonchev–Trinajstić information content (AvgIpc) is 3.65. The van der Waals surface area contributed by atoms with E-state index < -0.39 is 6.10 Å². The molecule has 4 aromatic rings. The van der Waals surface area contributed by atoms with E-state index in [0.29, 0.717) is 51.6 Å². The summed E-state index contributed by atoms with van der Waals surface area (Å²) >= 11 is 0. The predicted molar refractivity (Wildman–Crippen MR) is 183 cm³/mol. The van der Waals surface area contributed by atoms with Gasteiger partial charge in [0.15, 0.2) is 0 Å². The Hall–Kier alpha value is -3.38. The molecule has 1 aromatic heterocycles. The van der Waals surface area contributed by atoms with E-state index in [1.807, 2.05) is 60.7 Å². The van der Waals surface area contributed by atoms with Crippen molar-refractivity contribution in [3.05, 3.63) is 131 Å². The molecule has 2 aliphatic rings. The highest BCUT2D eigenvalue weighted by Gasteiger charge is 2.43. The number of ether oxygens (including phenoxy) is 8. The minimum absolute atomic E-state index is 0.173. The second kappa shape index (κ2) is 18.0. The lowest BCUT2D eigenvalue weighted by Crippen LogP contribution is -2.50. The van der Waals surface area contributed by atoms with Crippen LogP contribution in [0.3, 0.4) is 0 Å². The van der Waals surface area contributed by atoms with E-state index in [-0.39, 0.29) is 42.7 Å². The molecule has 2 fully saturated rings. The molecule has 6 rings (SSSR count). The lowest BCUT2D eigenvalue weighted by molar-refractivity contribution is -0.222. The van der Waals surface area contributed by atoms with Crippen LogP contribution in [0, 0.1) is 0 Å². The van der Waals surface area contributed by atoms with Crippen molar-refractivity contribution in [1.82, 2.24) is 0 Å². The van der Waals surface area contributed by atoms with Gasteiger partial charge in [0, 0.05) is 39.7 Å². The van der Waals surface area contributed by atoms with Crippen LogP contribution in [-0.4, -0.2) is 71.2 Å². The van der Waals surface area contributed by atoms with Crippen molar-refractivity contribution >= 4 is 0 Å². The molecule has 262 valence electrons. The van der Waals surface area contributed by atoms with Crippen molar-refractivity contribution in [2.24, 2.45) is 0 Å². The number of hydrogen-bond donors (Lipinski definition) is 0. The van der Waals surface area contributed by atoms with Crippen molar-refractivity contribution in [3.8, 4) is 0 Å². The maximum absolute atomic E-state index is 6.84. The maximum Gasteiger partial charge on any atom is 0.133 e. The molecule has 2 saturated heterocycles. The zero-order valence-corrected chi connectivity index (χ0v) is 28.6. The largest absolute Gasteiger partial charge is 0.466 e. The summed E-state index contributed by atoms with van der Waals surface area (Å²) in [4.78, 5) is 0. The van der Waals surface area contributed by atoms with Gasteiger partial charge < -0.3 is 42.3 Å². The van der Waals surface area contributed by atoms with Gasteiger partial charge in [-0.2, -0.15) is 0 Å². The highest BCUT2D eigenvalue weighted by Crippen LogP contribution is 2.40. The van der Waals surface area contributed by atoms with Gasteiger partial charge in [-0.1, -0.05) is 91.0 Å². The third-order valence-electron chi connectivity index (χ3n) is 9.26. The number of methoxy groups -OCH3 is 3. The normalized spacial score (nSPS) is 27.2. The maximum atomic E-state index is 6.84. The SMILES string of the molecule is COC[C@H]1O[C@@H](c2cc(C3C[C@@H](OCc4ccccc4)[C@H](OCc4ccccc4)[C@@H](COCc4ccccc4)O3)co2)C[C@@H](OC)[C@@H]1OC. The number of hydrogen-bond acceptors (Lipinski definition) is 9. The quantitative estimate of drug-likeness (QED) is 0.125. The summed E-state index contributed by atoms with van der Waals surface area (Å²) in [5.74, 6) is 0.706. The zero-order chi connectivity index (χ0) is 33.8. The van der Waals surface area contributed by atoms with E-state index in [1.54, 1.807) is 27.6 Å². The lowest BCUT2D eigenvalue weighted by Gasteiger charge is -2.41. The zero-order valence-electron chi connectivity index (χ0n) is 28.6. The molecule has 9 nitrogen and oxygen atoms in total. The van der Waals surface area contributed by atoms with Gasteiger partial charge in [0.1, 0.15) is 36.3 Å². The fourth-order valence-corrected chi connectivity index (χ4v) is 6.72. The van der Waals surface area contributed by atoms with Crippen molar-refractivity contribution < 1.29 is 42.3 Å². The summed E-state index contributed by atoms with van der Waals surface area (Å²) in [6, 6.07) is 32.5. The number of benzene rings is 3. The molecule has 0 saturated carbocycles. The molecule has 0 spiro atoms. The molecule has 0 bridgehead atoms. The van der Waals surface area contributed by atoms with Gasteiger partial charge in [0.25, 0.3) is 0 Å². The van der Waals surface area contributed by atoms with E-state index in [2.05, 4.69) is 36.4 Å². The molecule has 9 heteroatoms. The first-order chi connectivity index (χ1) is 24.1. The molecule has 3 aromatic carbocycles.